The molecule has 1 spiro atoms. The molecule has 0 saturated carbocycles. The lowest BCUT2D eigenvalue weighted by Crippen LogP contribution is -2.32. The zero-order valence-corrected chi connectivity index (χ0v) is 36.9. The first-order valence-corrected chi connectivity index (χ1v) is 23.7. The smallest absolute Gasteiger partial charge is 0.159 e. The number of hydrogen-bond acceptors (Lipinski definition) is 4. The molecule has 2 aliphatic rings. The molecule has 1 aliphatic carbocycles. The van der Waals surface area contributed by atoms with Crippen LogP contribution in [0, 0.1) is 0 Å². The van der Waals surface area contributed by atoms with E-state index < -0.39 is 5.41 Å². The number of para-hydroxylation sites is 3. The Balaban J connectivity index is 1.05. The van der Waals surface area contributed by atoms with E-state index >= 15 is 0 Å². The van der Waals surface area contributed by atoms with Crippen LogP contribution in [0.15, 0.2) is 229 Å². The largest absolute Gasteiger partial charge is 0.455 e. The molecule has 3 nitrogen and oxygen atoms in total. The zero-order valence-electron chi connectivity index (χ0n) is 36.0. The molecule has 0 amide bonds. The quantitative estimate of drug-likeness (QED) is 0.176. The molecule has 1 aliphatic heterocycles. The summed E-state index contributed by atoms with van der Waals surface area (Å²) in [5, 5.41) is 9.23. The average Bonchev–Trinajstić information content (AvgIpc) is 4.06. The fourth-order valence-corrected chi connectivity index (χ4v) is 13.0. The topological polar surface area (TPSA) is 25.6 Å². The number of furan rings is 1. The Morgan fingerprint density at radius 1 is 0.358 bits per heavy atom. The van der Waals surface area contributed by atoms with E-state index in [1.807, 2.05) is 11.3 Å². The van der Waals surface area contributed by atoms with Crippen LogP contribution in [0.2, 0.25) is 0 Å². The molecular formula is C63H37NO2S. The van der Waals surface area contributed by atoms with Crippen molar-refractivity contribution in [3.05, 3.63) is 247 Å². The van der Waals surface area contributed by atoms with Crippen molar-refractivity contribution >= 4 is 92.1 Å². The SMILES string of the molecule is c1ccc(N(c2cccc3c2oc2ccccc23)c2cccc3c2sc2ccccc23)c(-c2cccc3c2-c2ccccc2C32c3ccc4ccccc4c3Oc3c2ccc2ccccc32)c1. The molecule has 13 aromatic rings. The molecule has 0 unspecified atom stereocenters. The van der Waals surface area contributed by atoms with E-state index in [2.05, 4.69) is 229 Å². The van der Waals surface area contributed by atoms with Gasteiger partial charge < -0.3 is 14.1 Å². The van der Waals surface area contributed by atoms with Crippen molar-refractivity contribution in [1.82, 2.24) is 0 Å². The molecule has 0 bridgehead atoms. The Morgan fingerprint density at radius 3 is 1.70 bits per heavy atom. The average molecular weight is 872 g/mol. The third-order valence-electron chi connectivity index (χ3n) is 14.5. The van der Waals surface area contributed by atoms with E-state index in [0.717, 1.165) is 88.7 Å². The maximum atomic E-state index is 7.28. The third kappa shape index (κ3) is 4.94. The standard InChI is InChI=1S/C63H37NO2S/c1-3-18-40-38(16-1)34-36-51-59(40)66-60-41-19-4-2-17-39(41)35-37-52(60)63(51)49-27-9-5-23-48(49)58-45(24-13-28-50(58)63)42-20-6-10-29-53(42)64(54-30-14-25-46-43-21-7-11-32-56(43)65-61(46)54)55-31-15-26-47-44-22-8-12-33-57(44)67-62(47)55/h1-37H. The highest BCUT2D eigenvalue weighted by molar-refractivity contribution is 7.26. The monoisotopic (exact) mass is 871 g/mol. The van der Waals surface area contributed by atoms with E-state index in [9.17, 15) is 0 Å². The van der Waals surface area contributed by atoms with Gasteiger partial charge in [0.2, 0.25) is 0 Å². The number of hydrogen-bond donors (Lipinski definition) is 0. The Bertz CT molecular complexity index is 4030. The second-order valence-electron chi connectivity index (χ2n) is 17.8. The van der Waals surface area contributed by atoms with Gasteiger partial charge in [-0.1, -0.05) is 194 Å². The summed E-state index contributed by atoms with van der Waals surface area (Å²) in [6.07, 6.45) is 0. The molecule has 2 aromatic heterocycles. The van der Waals surface area contributed by atoms with Gasteiger partial charge in [0.25, 0.3) is 0 Å². The highest BCUT2D eigenvalue weighted by Gasteiger charge is 2.52. The van der Waals surface area contributed by atoms with Gasteiger partial charge in [-0.2, -0.15) is 0 Å². The number of rotatable bonds is 4. The van der Waals surface area contributed by atoms with Crippen LogP contribution in [-0.4, -0.2) is 0 Å². The lowest BCUT2D eigenvalue weighted by molar-refractivity contribution is 0.447. The number of anilines is 3. The third-order valence-corrected chi connectivity index (χ3v) is 15.7. The minimum absolute atomic E-state index is 0.671. The normalized spacial score (nSPS) is 13.3. The van der Waals surface area contributed by atoms with Crippen molar-refractivity contribution in [1.29, 1.82) is 0 Å². The van der Waals surface area contributed by atoms with Crippen molar-refractivity contribution in [3.63, 3.8) is 0 Å². The highest BCUT2D eigenvalue weighted by atomic mass is 32.1. The van der Waals surface area contributed by atoms with Gasteiger partial charge in [0.1, 0.15) is 17.1 Å². The molecule has 0 radical (unpaired) electrons. The fraction of sp³-hybridized carbons (Fsp3) is 0.0159. The van der Waals surface area contributed by atoms with E-state index in [0.29, 0.717) is 0 Å². The van der Waals surface area contributed by atoms with E-state index in [1.54, 1.807) is 0 Å². The van der Waals surface area contributed by atoms with Gasteiger partial charge in [-0.15, -0.1) is 11.3 Å². The molecule has 0 atom stereocenters. The molecule has 0 N–H and O–H groups in total. The first kappa shape index (κ1) is 36.9. The molecule has 67 heavy (non-hydrogen) atoms. The van der Waals surface area contributed by atoms with Gasteiger partial charge in [-0.25, -0.2) is 0 Å². The highest BCUT2D eigenvalue weighted by Crippen LogP contribution is 2.65. The molecule has 0 saturated heterocycles. The molecule has 3 heterocycles. The summed E-state index contributed by atoms with van der Waals surface area (Å²) >= 11 is 1.85. The molecule has 11 aromatic carbocycles. The molecular weight excluding hydrogens is 835 g/mol. The van der Waals surface area contributed by atoms with Gasteiger partial charge in [-0.3, -0.25) is 0 Å². The molecule has 312 valence electrons. The second-order valence-corrected chi connectivity index (χ2v) is 18.9. The van der Waals surface area contributed by atoms with Crippen LogP contribution in [0.1, 0.15) is 22.3 Å². The fourth-order valence-electron chi connectivity index (χ4n) is 11.8. The maximum absolute atomic E-state index is 7.28. The van der Waals surface area contributed by atoms with Crippen LogP contribution in [0.5, 0.6) is 11.5 Å². The Labute approximate surface area is 390 Å². The second kappa shape index (κ2) is 13.8. The van der Waals surface area contributed by atoms with Crippen LogP contribution >= 0.6 is 11.3 Å². The summed E-state index contributed by atoms with van der Waals surface area (Å²) < 4.78 is 16.7. The predicted octanol–water partition coefficient (Wildman–Crippen LogP) is 17.9. The van der Waals surface area contributed by atoms with Crippen LogP contribution in [-0.2, 0) is 5.41 Å². The number of benzene rings is 11. The van der Waals surface area contributed by atoms with Crippen molar-refractivity contribution in [2.75, 3.05) is 4.90 Å². The van der Waals surface area contributed by atoms with Crippen LogP contribution in [0.3, 0.4) is 0 Å². The Hall–Kier alpha value is -8.44. The number of fused-ring (bicyclic) bond motifs is 19. The first-order chi connectivity index (χ1) is 33.3. The van der Waals surface area contributed by atoms with E-state index in [-0.39, 0.29) is 0 Å². The minimum atomic E-state index is -0.671. The van der Waals surface area contributed by atoms with Gasteiger partial charge in [-0.05, 0) is 68.9 Å². The molecule has 15 rings (SSSR count). The Morgan fingerprint density at radius 2 is 0.910 bits per heavy atom. The lowest BCUT2D eigenvalue weighted by atomic mass is 9.65. The Kier molecular flexibility index (Phi) is 7.58. The van der Waals surface area contributed by atoms with Gasteiger partial charge >= 0.3 is 0 Å². The molecule has 0 fully saturated rings. The minimum Gasteiger partial charge on any atom is -0.455 e. The van der Waals surface area contributed by atoms with Crippen molar-refractivity contribution in [3.8, 4) is 33.8 Å². The van der Waals surface area contributed by atoms with E-state index in [4.69, 9.17) is 9.15 Å². The summed E-state index contributed by atoms with van der Waals surface area (Å²) in [6, 6.07) is 81.9. The summed E-state index contributed by atoms with van der Waals surface area (Å²) in [6.45, 7) is 0. The van der Waals surface area contributed by atoms with Crippen molar-refractivity contribution < 1.29 is 9.15 Å². The number of nitrogens with zero attached hydrogens (tertiary/aromatic N) is 1. The first-order valence-electron chi connectivity index (χ1n) is 22.9. The van der Waals surface area contributed by atoms with Gasteiger partial charge in [0.05, 0.1) is 27.2 Å². The van der Waals surface area contributed by atoms with Crippen molar-refractivity contribution in [2.45, 2.75) is 5.41 Å². The van der Waals surface area contributed by atoms with Crippen LogP contribution < -0.4 is 9.64 Å². The van der Waals surface area contributed by atoms with E-state index in [1.165, 1.54) is 48.0 Å². The zero-order chi connectivity index (χ0) is 43.8. The van der Waals surface area contributed by atoms with Crippen LogP contribution in [0.25, 0.3) is 85.9 Å². The predicted molar refractivity (Wildman–Crippen MR) is 279 cm³/mol. The lowest BCUT2D eigenvalue weighted by Gasteiger charge is -2.40. The number of ether oxygens (including phenoxy) is 1. The summed E-state index contributed by atoms with van der Waals surface area (Å²) in [5.41, 5.74) is 13.8. The summed E-state index contributed by atoms with van der Waals surface area (Å²) in [7, 11) is 0. The van der Waals surface area contributed by atoms with Crippen LogP contribution in [0.4, 0.5) is 17.1 Å². The van der Waals surface area contributed by atoms with Gasteiger partial charge in [0.15, 0.2) is 5.58 Å². The summed E-state index contributed by atoms with van der Waals surface area (Å²) in [4.78, 5) is 2.46. The summed E-state index contributed by atoms with van der Waals surface area (Å²) in [5.74, 6) is 1.83. The maximum Gasteiger partial charge on any atom is 0.159 e. The van der Waals surface area contributed by atoms with Gasteiger partial charge in [0, 0.05) is 53.7 Å². The molecule has 4 heteroatoms. The van der Waals surface area contributed by atoms with Crippen molar-refractivity contribution in [2.24, 2.45) is 0 Å². The number of thiophene rings is 1.